The molecule has 2 aromatic rings. The fraction of sp³-hybridized carbons (Fsp3) is 0.412. The van der Waals surface area contributed by atoms with E-state index in [4.69, 9.17) is 4.74 Å². The van der Waals surface area contributed by atoms with Gasteiger partial charge < -0.3 is 15.2 Å². The van der Waals surface area contributed by atoms with Crippen molar-refractivity contribution in [3.8, 4) is 5.75 Å². The quantitative estimate of drug-likeness (QED) is 0.878. The molecule has 2 atom stereocenters. The average molecular weight is 271 g/mol. The maximum atomic E-state index is 10.4. The van der Waals surface area contributed by atoms with Crippen molar-refractivity contribution in [1.29, 1.82) is 0 Å². The van der Waals surface area contributed by atoms with Crippen LogP contribution in [-0.4, -0.2) is 29.4 Å². The molecule has 1 unspecified atom stereocenters. The number of nitrogens with one attached hydrogen (secondary N) is 1. The van der Waals surface area contributed by atoms with Crippen LogP contribution < -0.4 is 10.1 Å². The zero-order valence-corrected chi connectivity index (χ0v) is 12.0. The first-order chi connectivity index (χ1) is 9.58. The number of ether oxygens (including phenoxy) is 1. The van der Waals surface area contributed by atoms with Gasteiger partial charge in [-0.1, -0.05) is 50.2 Å². The molecule has 106 valence electrons. The van der Waals surface area contributed by atoms with Crippen molar-refractivity contribution < 1.29 is 9.84 Å². The van der Waals surface area contributed by atoms with Gasteiger partial charge in [0.15, 0.2) is 0 Å². The molecule has 2 N–H and O–H groups in total. The van der Waals surface area contributed by atoms with E-state index in [2.05, 4.69) is 31.3 Å². The fourth-order valence-electron chi connectivity index (χ4n) is 2.59. The van der Waals surface area contributed by atoms with E-state index in [0.717, 1.165) is 22.9 Å². The third-order valence-electron chi connectivity index (χ3n) is 3.81. The van der Waals surface area contributed by atoms with Crippen molar-refractivity contribution in [3.05, 3.63) is 42.5 Å². The third-order valence-corrected chi connectivity index (χ3v) is 3.81. The zero-order valence-electron chi connectivity index (χ0n) is 12.0. The lowest BCUT2D eigenvalue weighted by Gasteiger charge is -2.15. The van der Waals surface area contributed by atoms with E-state index in [1.54, 1.807) is 0 Å². The molecule has 0 saturated heterocycles. The van der Waals surface area contributed by atoms with Crippen molar-refractivity contribution >= 4 is 10.8 Å². The van der Waals surface area contributed by atoms with Crippen LogP contribution in [0.4, 0.5) is 0 Å². The third kappa shape index (κ3) is 2.65. The summed E-state index contributed by atoms with van der Waals surface area (Å²) in [6, 6.07) is 14.7. The van der Waals surface area contributed by atoms with Crippen LogP contribution in [0.25, 0.3) is 10.8 Å². The molecule has 1 fully saturated rings. The van der Waals surface area contributed by atoms with Gasteiger partial charge in [-0.05, 0) is 17.9 Å². The lowest BCUT2D eigenvalue weighted by atomic mass is 10.1. The molecule has 0 heterocycles. The van der Waals surface area contributed by atoms with Crippen molar-refractivity contribution in [2.75, 3.05) is 6.61 Å². The lowest BCUT2D eigenvalue weighted by Crippen LogP contribution is -2.35. The summed E-state index contributed by atoms with van der Waals surface area (Å²) in [6.07, 6.45) is 0.760. The van der Waals surface area contributed by atoms with Gasteiger partial charge in [0.1, 0.15) is 18.0 Å². The molecule has 3 heteroatoms. The zero-order chi connectivity index (χ0) is 14.2. The Morgan fingerprint density at radius 1 is 1.25 bits per heavy atom. The summed E-state index contributed by atoms with van der Waals surface area (Å²) in [5.74, 6) is 0.840. The van der Waals surface area contributed by atoms with Crippen molar-refractivity contribution in [2.45, 2.75) is 38.0 Å². The normalized spacial score (nSPS) is 25.1. The largest absolute Gasteiger partial charge is 0.490 e. The SMILES string of the molecule is CC(C)NC1C[C@@]1(O)COc1cccc2ccccc12. The van der Waals surface area contributed by atoms with E-state index in [-0.39, 0.29) is 6.04 Å². The number of hydrogen-bond acceptors (Lipinski definition) is 3. The topological polar surface area (TPSA) is 41.5 Å². The Bertz CT molecular complexity index is 605. The van der Waals surface area contributed by atoms with E-state index in [1.165, 1.54) is 0 Å². The lowest BCUT2D eigenvalue weighted by molar-refractivity contribution is 0.0760. The molecule has 0 spiro atoms. The summed E-state index contributed by atoms with van der Waals surface area (Å²) >= 11 is 0. The summed E-state index contributed by atoms with van der Waals surface area (Å²) in [5.41, 5.74) is -0.721. The first kappa shape index (κ1) is 13.4. The van der Waals surface area contributed by atoms with Crippen molar-refractivity contribution in [3.63, 3.8) is 0 Å². The number of hydrogen-bond donors (Lipinski definition) is 2. The Hall–Kier alpha value is -1.58. The summed E-state index contributed by atoms with van der Waals surface area (Å²) in [6.45, 7) is 4.51. The highest BCUT2D eigenvalue weighted by Gasteiger charge is 2.53. The van der Waals surface area contributed by atoms with Crippen LogP contribution in [0, 0.1) is 0 Å². The minimum atomic E-state index is -0.721. The Kier molecular flexibility index (Phi) is 3.40. The molecule has 0 bridgehead atoms. The first-order valence-electron chi connectivity index (χ1n) is 7.17. The smallest absolute Gasteiger partial charge is 0.127 e. The Balaban J connectivity index is 1.69. The maximum Gasteiger partial charge on any atom is 0.127 e. The predicted molar refractivity (Wildman–Crippen MR) is 81.1 cm³/mol. The van der Waals surface area contributed by atoms with E-state index in [1.807, 2.05) is 30.3 Å². The van der Waals surface area contributed by atoms with E-state index in [0.29, 0.717) is 12.6 Å². The van der Waals surface area contributed by atoms with Crippen LogP contribution in [0.5, 0.6) is 5.75 Å². The van der Waals surface area contributed by atoms with Crippen molar-refractivity contribution in [1.82, 2.24) is 5.32 Å². The van der Waals surface area contributed by atoms with E-state index >= 15 is 0 Å². The van der Waals surface area contributed by atoms with Crippen LogP contribution in [-0.2, 0) is 0 Å². The molecule has 1 saturated carbocycles. The molecule has 1 aliphatic rings. The minimum Gasteiger partial charge on any atom is -0.490 e. The standard InChI is InChI=1S/C17H21NO2/c1-12(2)18-16-10-17(16,19)11-20-15-9-5-7-13-6-3-4-8-14(13)15/h3-9,12,16,18-19H,10-11H2,1-2H3/t16?,17-/m1/s1. The molecule has 0 aromatic heterocycles. The van der Waals surface area contributed by atoms with E-state index < -0.39 is 5.60 Å². The number of fused-ring (bicyclic) bond motifs is 1. The Morgan fingerprint density at radius 2 is 2.00 bits per heavy atom. The molecule has 0 amide bonds. The molecular formula is C17H21NO2. The van der Waals surface area contributed by atoms with Gasteiger partial charge in [0.25, 0.3) is 0 Å². The summed E-state index contributed by atoms with van der Waals surface area (Å²) in [5, 5.41) is 16.0. The predicted octanol–water partition coefficient (Wildman–Crippen LogP) is 2.72. The maximum absolute atomic E-state index is 10.4. The second-order valence-electron chi connectivity index (χ2n) is 5.95. The highest BCUT2D eigenvalue weighted by Crippen LogP contribution is 2.37. The Labute approximate surface area is 119 Å². The van der Waals surface area contributed by atoms with Gasteiger partial charge >= 0.3 is 0 Å². The van der Waals surface area contributed by atoms with Gasteiger partial charge in [-0.2, -0.15) is 0 Å². The Morgan fingerprint density at radius 3 is 2.80 bits per heavy atom. The fourth-order valence-corrected chi connectivity index (χ4v) is 2.59. The van der Waals surface area contributed by atoms with Crippen molar-refractivity contribution in [2.24, 2.45) is 0 Å². The molecule has 3 rings (SSSR count). The van der Waals surface area contributed by atoms with Crippen LogP contribution in [0.1, 0.15) is 20.3 Å². The highest BCUT2D eigenvalue weighted by atomic mass is 16.5. The van der Waals surface area contributed by atoms with Crippen LogP contribution in [0.15, 0.2) is 42.5 Å². The number of benzene rings is 2. The van der Waals surface area contributed by atoms with Gasteiger partial charge in [0.05, 0.1) is 0 Å². The summed E-state index contributed by atoms with van der Waals surface area (Å²) in [7, 11) is 0. The minimum absolute atomic E-state index is 0.150. The average Bonchev–Trinajstić information content (AvgIpc) is 3.06. The molecule has 2 aromatic carbocycles. The molecule has 3 nitrogen and oxygen atoms in total. The monoisotopic (exact) mass is 271 g/mol. The van der Waals surface area contributed by atoms with E-state index in [9.17, 15) is 5.11 Å². The molecule has 0 radical (unpaired) electrons. The molecular weight excluding hydrogens is 250 g/mol. The highest BCUT2D eigenvalue weighted by molar-refractivity contribution is 5.88. The second kappa shape index (κ2) is 5.08. The van der Waals surface area contributed by atoms with Crippen LogP contribution >= 0.6 is 0 Å². The van der Waals surface area contributed by atoms with Crippen LogP contribution in [0.2, 0.25) is 0 Å². The molecule has 20 heavy (non-hydrogen) atoms. The number of rotatable bonds is 5. The van der Waals surface area contributed by atoms with Gasteiger partial charge in [0.2, 0.25) is 0 Å². The van der Waals surface area contributed by atoms with Crippen LogP contribution in [0.3, 0.4) is 0 Å². The summed E-state index contributed by atoms with van der Waals surface area (Å²) < 4.78 is 5.87. The summed E-state index contributed by atoms with van der Waals surface area (Å²) in [4.78, 5) is 0. The van der Waals surface area contributed by atoms with Gasteiger partial charge in [-0.3, -0.25) is 0 Å². The molecule has 1 aliphatic carbocycles. The number of aliphatic hydroxyl groups is 1. The molecule has 0 aliphatic heterocycles. The second-order valence-corrected chi connectivity index (χ2v) is 5.95. The van der Waals surface area contributed by atoms with Gasteiger partial charge in [-0.15, -0.1) is 0 Å². The first-order valence-corrected chi connectivity index (χ1v) is 7.17. The van der Waals surface area contributed by atoms with Gasteiger partial charge in [0, 0.05) is 17.5 Å². The van der Waals surface area contributed by atoms with Gasteiger partial charge in [-0.25, -0.2) is 0 Å².